The van der Waals surface area contributed by atoms with Crippen LogP contribution >= 0.6 is 0 Å². The Labute approximate surface area is 103 Å². The molecule has 1 saturated carbocycles. The van der Waals surface area contributed by atoms with Crippen molar-refractivity contribution in [2.45, 2.75) is 46.3 Å². The van der Waals surface area contributed by atoms with Crippen LogP contribution in [-0.4, -0.2) is 29.0 Å². The third kappa shape index (κ3) is 2.63. The highest BCUT2D eigenvalue weighted by atomic mass is 16.5. The average molecular weight is 237 g/mol. The van der Waals surface area contributed by atoms with Crippen LogP contribution in [0, 0.1) is 11.3 Å². The summed E-state index contributed by atoms with van der Waals surface area (Å²) in [6, 6.07) is 0.470. The molecule has 1 fully saturated rings. The molecule has 0 saturated heterocycles. The van der Waals surface area contributed by atoms with Crippen molar-refractivity contribution in [1.82, 2.24) is 10.2 Å². The van der Waals surface area contributed by atoms with Crippen LogP contribution in [0.1, 0.15) is 34.1 Å². The van der Waals surface area contributed by atoms with Crippen LogP contribution in [0.3, 0.4) is 0 Å². The predicted molar refractivity (Wildman–Crippen MR) is 69.0 cm³/mol. The summed E-state index contributed by atoms with van der Waals surface area (Å²) in [6.45, 7) is 9.75. The van der Waals surface area contributed by atoms with Crippen molar-refractivity contribution >= 4 is 5.69 Å². The fourth-order valence-electron chi connectivity index (χ4n) is 2.25. The maximum absolute atomic E-state index is 5.94. The number of anilines is 1. The van der Waals surface area contributed by atoms with Crippen molar-refractivity contribution in [3.8, 4) is 0 Å². The number of H-pyrrole nitrogens is 1. The predicted octanol–water partition coefficient (Wildman–Crippen LogP) is 2.66. The van der Waals surface area contributed by atoms with Gasteiger partial charge in [0.15, 0.2) is 0 Å². The van der Waals surface area contributed by atoms with E-state index in [9.17, 15) is 0 Å². The van der Waals surface area contributed by atoms with Crippen molar-refractivity contribution in [3.63, 3.8) is 0 Å². The summed E-state index contributed by atoms with van der Waals surface area (Å²) in [7, 11) is 0. The van der Waals surface area contributed by atoms with Crippen LogP contribution in [0.15, 0.2) is 12.4 Å². The van der Waals surface area contributed by atoms with Crippen LogP contribution in [0.2, 0.25) is 0 Å². The molecular formula is C13H23N3O. The Morgan fingerprint density at radius 1 is 1.59 bits per heavy atom. The van der Waals surface area contributed by atoms with E-state index in [1.807, 2.05) is 12.4 Å². The first-order chi connectivity index (χ1) is 8.00. The van der Waals surface area contributed by atoms with Crippen LogP contribution in [0.4, 0.5) is 5.69 Å². The summed E-state index contributed by atoms with van der Waals surface area (Å²) in [5.41, 5.74) is 1.25. The molecule has 1 aliphatic carbocycles. The van der Waals surface area contributed by atoms with Crippen LogP contribution in [0.25, 0.3) is 0 Å². The summed E-state index contributed by atoms with van der Waals surface area (Å²) in [5, 5.41) is 10.3. The largest absolute Gasteiger partial charge is 0.379 e. The molecule has 0 amide bonds. The summed E-state index contributed by atoms with van der Waals surface area (Å²) in [6.07, 6.45) is 5.15. The lowest BCUT2D eigenvalue weighted by molar-refractivity contribution is -0.108. The Morgan fingerprint density at radius 3 is 2.88 bits per heavy atom. The number of rotatable bonds is 5. The minimum atomic E-state index is 0.187. The summed E-state index contributed by atoms with van der Waals surface area (Å²) in [4.78, 5) is 0. The molecule has 2 rings (SSSR count). The Morgan fingerprint density at radius 2 is 2.35 bits per heavy atom. The van der Waals surface area contributed by atoms with Gasteiger partial charge >= 0.3 is 0 Å². The van der Waals surface area contributed by atoms with Crippen molar-refractivity contribution in [2.75, 3.05) is 11.9 Å². The molecule has 1 aromatic heterocycles. The lowest BCUT2D eigenvalue weighted by Gasteiger charge is -2.52. The summed E-state index contributed by atoms with van der Waals surface area (Å²) in [5.74, 6) is 0.603. The van der Waals surface area contributed by atoms with E-state index in [1.165, 1.54) is 0 Å². The SMILES string of the molecule is CC(C)COC1CC(Nc2cn[nH]c2)C1(C)C. The Bertz CT molecular complexity index is 346. The Hall–Kier alpha value is -1.03. The van der Waals surface area contributed by atoms with Gasteiger partial charge in [0.1, 0.15) is 0 Å². The lowest BCUT2D eigenvalue weighted by atomic mass is 9.64. The van der Waals surface area contributed by atoms with E-state index in [0.29, 0.717) is 18.1 Å². The summed E-state index contributed by atoms with van der Waals surface area (Å²) >= 11 is 0. The number of hydrogen-bond donors (Lipinski definition) is 2. The van der Waals surface area contributed by atoms with Crippen molar-refractivity contribution in [3.05, 3.63) is 12.4 Å². The second kappa shape index (κ2) is 4.69. The van der Waals surface area contributed by atoms with Crippen LogP contribution in [0.5, 0.6) is 0 Å². The smallest absolute Gasteiger partial charge is 0.0726 e. The van der Waals surface area contributed by atoms with E-state index >= 15 is 0 Å². The molecule has 0 bridgehead atoms. The van der Waals surface area contributed by atoms with Crippen molar-refractivity contribution in [1.29, 1.82) is 0 Å². The third-order valence-electron chi connectivity index (χ3n) is 3.65. The number of aromatic amines is 1. The number of hydrogen-bond acceptors (Lipinski definition) is 3. The molecular weight excluding hydrogens is 214 g/mol. The number of aromatic nitrogens is 2. The van der Waals surface area contributed by atoms with Gasteiger partial charge in [-0.05, 0) is 12.3 Å². The van der Waals surface area contributed by atoms with E-state index < -0.39 is 0 Å². The first-order valence-corrected chi connectivity index (χ1v) is 6.37. The van der Waals surface area contributed by atoms with Gasteiger partial charge in [-0.25, -0.2) is 0 Å². The number of nitrogens with zero attached hydrogens (tertiary/aromatic N) is 1. The monoisotopic (exact) mass is 237 g/mol. The van der Waals surface area contributed by atoms with Gasteiger partial charge in [-0.3, -0.25) is 5.10 Å². The molecule has 0 radical (unpaired) electrons. The van der Waals surface area contributed by atoms with Gasteiger partial charge in [0.2, 0.25) is 0 Å². The van der Waals surface area contributed by atoms with Gasteiger partial charge in [0.05, 0.1) is 18.0 Å². The normalized spacial score (nSPS) is 26.9. The molecule has 2 N–H and O–H groups in total. The lowest BCUT2D eigenvalue weighted by Crippen LogP contribution is -2.58. The van der Waals surface area contributed by atoms with E-state index in [4.69, 9.17) is 4.74 Å². The molecule has 4 heteroatoms. The number of nitrogens with one attached hydrogen (secondary N) is 2. The minimum Gasteiger partial charge on any atom is -0.379 e. The van der Waals surface area contributed by atoms with Gasteiger partial charge in [0.25, 0.3) is 0 Å². The highest BCUT2D eigenvalue weighted by molar-refractivity contribution is 5.40. The third-order valence-corrected chi connectivity index (χ3v) is 3.65. The molecule has 17 heavy (non-hydrogen) atoms. The van der Waals surface area contributed by atoms with Gasteiger partial charge in [-0.15, -0.1) is 0 Å². The minimum absolute atomic E-state index is 0.187. The standard InChI is InChI=1S/C13H23N3O/c1-9(2)8-17-12-5-11(13(12,3)4)16-10-6-14-15-7-10/h6-7,9,11-12,16H,5,8H2,1-4H3,(H,14,15). The molecule has 2 unspecified atom stereocenters. The van der Waals surface area contributed by atoms with E-state index in [2.05, 4.69) is 43.2 Å². The maximum Gasteiger partial charge on any atom is 0.0726 e. The molecule has 1 aromatic rings. The second-order valence-electron chi connectivity index (χ2n) is 5.96. The zero-order chi connectivity index (χ0) is 12.5. The molecule has 1 aliphatic rings. The molecule has 1 heterocycles. The maximum atomic E-state index is 5.94. The average Bonchev–Trinajstić information content (AvgIpc) is 2.74. The van der Waals surface area contributed by atoms with Crippen molar-refractivity contribution < 1.29 is 4.74 Å². The van der Waals surface area contributed by atoms with Gasteiger partial charge < -0.3 is 10.1 Å². The zero-order valence-corrected chi connectivity index (χ0v) is 11.2. The first-order valence-electron chi connectivity index (χ1n) is 6.37. The fraction of sp³-hybridized carbons (Fsp3) is 0.769. The quantitative estimate of drug-likeness (QED) is 0.827. The molecule has 2 atom stereocenters. The van der Waals surface area contributed by atoms with Crippen molar-refractivity contribution in [2.24, 2.45) is 11.3 Å². The molecule has 0 aliphatic heterocycles. The zero-order valence-electron chi connectivity index (χ0n) is 11.2. The molecule has 0 aromatic carbocycles. The molecule has 96 valence electrons. The number of ether oxygens (including phenoxy) is 1. The molecule has 4 nitrogen and oxygen atoms in total. The highest BCUT2D eigenvalue weighted by Gasteiger charge is 2.49. The van der Waals surface area contributed by atoms with E-state index in [-0.39, 0.29) is 5.41 Å². The molecule has 0 spiro atoms. The van der Waals surface area contributed by atoms with Crippen LogP contribution < -0.4 is 5.32 Å². The second-order valence-corrected chi connectivity index (χ2v) is 5.96. The topological polar surface area (TPSA) is 49.9 Å². The fourth-order valence-corrected chi connectivity index (χ4v) is 2.25. The summed E-state index contributed by atoms with van der Waals surface area (Å²) < 4.78 is 5.94. The van der Waals surface area contributed by atoms with Gasteiger partial charge in [-0.2, -0.15) is 5.10 Å². The highest BCUT2D eigenvalue weighted by Crippen LogP contribution is 2.44. The van der Waals surface area contributed by atoms with Gasteiger partial charge in [-0.1, -0.05) is 27.7 Å². The van der Waals surface area contributed by atoms with E-state index in [1.54, 1.807) is 0 Å². The Kier molecular flexibility index (Phi) is 3.43. The van der Waals surface area contributed by atoms with E-state index in [0.717, 1.165) is 18.7 Å². The first kappa shape index (κ1) is 12.4. The van der Waals surface area contributed by atoms with Crippen LogP contribution in [-0.2, 0) is 4.74 Å². The Balaban J connectivity index is 1.84. The van der Waals surface area contributed by atoms with Gasteiger partial charge in [0, 0.05) is 24.3 Å².